The molecule has 0 N–H and O–H groups in total. The van der Waals surface area contributed by atoms with Crippen LogP contribution in [0.4, 0.5) is 4.39 Å². The lowest BCUT2D eigenvalue weighted by atomic mass is 10.1. The van der Waals surface area contributed by atoms with Gasteiger partial charge in [-0.2, -0.15) is 0 Å². The zero-order valence-electron chi connectivity index (χ0n) is 10.9. The summed E-state index contributed by atoms with van der Waals surface area (Å²) in [4.78, 5) is 12.6. The molecule has 0 unspecified atom stereocenters. The molecule has 0 atom stereocenters. The Morgan fingerprint density at radius 1 is 1.14 bits per heavy atom. The van der Waals surface area contributed by atoms with Gasteiger partial charge in [0.15, 0.2) is 11.6 Å². The summed E-state index contributed by atoms with van der Waals surface area (Å²) in [6.07, 6.45) is 3.39. The molecule has 0 saturated carbocycles. The summed E-state index contributed by atoms with van der Waals surface area (Å²) in [7, 11) is 1.81. The van der Waals surface area contributed by atoms with Crippen LogP contribution in [0.15, 0.2) is 36.7 Å². The second kappa shape index (κ2) is 5.42. The molecule has 3 aromatic rings. The smallest absolute Gasteiger partial charge is 0.198 e. The number of hydrogen-bond acceptors (Lipinski definition) is 3. The Labute approximate surface area is 130 Å². The van der Waals surface area contributed by atoms with Crippen LogP contribution in [0.5, 0.6) is 0 Å². The van der Waals surface area contributed by atoms with Crippen LogP contribution in [0.3, 0.4) is 0 Å². The summed E-state index contributed by atoms with van der Waals surface area (Å²) >= 11 is 12.4. The van der Waals surface area contributed by atoms with Crippen LogP contribution in [0.1, 0.15) is 0 Å². The molecule has 1 aromatic carbocycles. The van der Waals surface area contributed by atoms with Crippen molar-refractivity contribution in [3.8, 4) is 22.8 Å². The molecule has 0 bridgehead atoms. The van der Waals surface area contributed by atoms with Gasteiger partial charge in [-0.15, -0.1) is 0 Å². The molecule has 0 radical (unpaired) electrons. The van der Waals surface area contributed by atoms with E-state index in [9.17, 15) is 4.39 Å². The van der Waals surface area contributed by atoms with Gasteiger partial charge in [0.05, 0.1) is 5.56 Å². The van der Waals surface area contributed by atoms with Crippen LogP contribution in [-0.2, 0) is 7.05 Å². The van der Waals surface area contributed by atoms with Gasteiger partial charge in [-0.3, -0.25) is 0 Å². The molecule has 7 heteroatoms. The number of rotatable bonds is 2. The lowest BCUT2D eigenvalue weighted by molar-refractivity contribution is 0.628. The Kier molecular flexibility index (Phi) is 3.61. The van der Waals surface area contributed by atoms with Crippen LogP contribution in [0.2, 0.25) is 10.3 Å². The van der Waals surface area contributed by atoms with E-state index >= 15 is 0 Å². The molecular formula is C14H9Cl2FN4. The third-order valence-electron chi connectivity index (χ3n) is 2.96. The Hall–Kier alpha value is -1.98. The first-order valence-corrected chi connectivity index (χ1v) is 6.78. The lowest BCUT2D eigenvalue weighted by Gasteiger charge is -2.08. The van der Waals surface area contributed by atoms with Crippen molar-refractivity contribution in [2.75, 3.05) is 0 Å². The molecule has 0 aliphatic carbocycles. The summed E-state index contributed by atoms with van der Waals surface area (Å²) in [6.45, 7) is 0. The number of hydrogen-bond donors (Lipinski definition) is 0. The van der Waals surface area contributed by atoms with Crippen molar-refractivity contribution < 1.29 is 4.39 Å². The van der Waals surface area contributed by atoms with Crippen LogP contribution in [-0.4, -0.2) is 19.5 Å². The topological polar surface area (TPSA) is 43.6 Å². The van der Waals surface area contributed by atoms with Crippen molar-refractivity contribution in [2.45, 2.75) is 0 Å². The van der Waals surface area contributed by atoms with E-state index in [0.29, 0.717) is 22.8 Å². The van der Waals surface area contributed by atoms with E-state index in [2.05, 4.69) is 15.0 Å². The quantitative estimate of drug-likeness (QED) is 0.670. The van der Waals surface area contributed by atoms with Crippen molar-refractivity contribution in [3.63, 3.8) is 0 Å². The molecule has 2 aromatic heterocycles. The predicted octanol–water partition coefficient (Wildman–Crippen LogP) is 3.99. The highest BCUT2D eigenvalue weighted by molar-refractivity contribution is 6.37. The van der Waals surface area contributed by atoms with E-state index in [-0.39, 0.29) is 16.1 Å². The Bertz CT molecular complexity index is 793. The van der Waals surface area contributed by atoms with Crippen molar-refractivity contribution in [1.29, 1.82) is 0 Å². The van der Waals surface area contributed by atoms with E-state index < -0.39 is 0 Å². The SMILES string of the molecule is Cn1ccnc1-c1nc(Cl)c(-c2cccc(F)c2)c(Cl)n1. The third kappa shape index (κ3) is 2.62. The molecule has 0 spiro atoms. The lowest BCUT2D eigenvalue weighted by Crippen LogP contribution is -1.99. The van der Waals surface area contributed by atoms with Gasteiger partial charge in [0.2, 0.25) is 0 Å². The Morgan fingerprint density at radius 2 is 1.86 bits per heavy atom. The minimum atomic E-state index is -0.382. The minimum absolute atomic E-state index is 0.151. The number of aryl methyl sites for hydroxylation is 1. The highest BCUT2D eigenvalue weighted by Gasteiger charge is 2.17. The van der Waals surface area contributed by atoms with E-state index in [1.54, 1.807) is 29.1 Å². The number of aromatic nitrogens is 4. The molecule has 0 saturated heterocycles. The van der Waals surface area contributed by atoms with Crippen LogP contribution >= 0.6 is 23.2 Å². The maximum absolute atomic E-state index is 13.3. The van der Waals surface area contributed by atoms with Gasteiger partial charge in [-0.1, -0.05) is 35.3 Å². The molecule has 3 rings (SSSR count). The fourth-order valence-corrected chi connectivity index (χ4v) is 2.58. The summed E-state index contributed by atoms with van der Waals surface area (Å²) in [6, 6.07) is 5.94. The molecule has 0 aliphatic rings. The van der Waals surface area contributed by atoms with Crippen LogP contribution in [0, 0.1) is 5.82 Å². The van der Waals surface area contributed by atoms with Crippen molar-refractivity contribution in [3.05, 3.63) is 52.8 Å². The average Bonchev–Trinajstić information content (AvgIpc) is 2.84. The van der Waals surface area contributed by atoms with E-state index in [0.717, 1.165) is 0 Å². The molecular weight excluding hydrogens is 314 g/mol. The van der Waals surface area contributed by atoms with Crippen LogP contribution in [0.25, 0.3) is 22.8 Å². The third-order valence-corrected chi connectivity index (χ3v) is 3.50. The van der Waals surface area contributed by atoms with E-state index in [1.807, 2.05) is 7.05 Å². The maximum atomic E-state index is 13.3. The molecule has 106 valence electrons. The Balaban J connectivity index is 2.15. The molecule has 0 fully saturated rings. The Morgan fingerprint density at radius 3 is 2.43 bits per heavy atom. The fourth-order valence-electron chi connectivity index (χ4n) is 1.97. The highest BCUT2D eigenvalue weighted by atomic mass is 35.5. The first kappa shape index (κ1) is 14.0. The van der Waals surface area contributed by atoms with E-state index in [1.165, 1.54) is 12.1 Å². The molecule has 21 heavy (non-hydrogen) atoms. The number of imidazole rings is 1. The van der Waals surface area contributed by atoms with Gasteiger partial charge in [-0.05, 0) is 17.7 Å². The molecule has 0 amide bonds. The van der Waals surface area contributed by atoms with Gasteiger partial charge in [0.25, 0.3) is 0 Å². The second-order valence-corrected chi connectivity index (χ2v) is 5.09. The van der Waals surface area contributed by atoms with Crippen molar-refractivity contribution in [1.82, 2.24) is 19.5 Å². The summed E-state index contributed by atoms with van der Waals surface area (Å²) in [5.41, 5.74) is 0.923. The minimum Gasteiger partial charge on any atom is -0.331 e. The summed E-state index contributed by atoms with van der Waals surface area (Å²) < 4.78 is 15.1. The van der Waals surface area contributed by atoms with Gasteiger partial charge in [0, 0.05) is 19.4 Å². The number of benzene rings is 1. The average molecular weight is 323 g/mol. The molecule has 2 heterocycles. The maximum Gasteiger partial charge on any atom is 0.198 e. The monoisotopic (exact) mass is 322 g/mol. The molecule has 0 aliphatic heterocycles. The number of halogens is 3. The van der Waals surface area contributed by atoms with Crippen molar-refractivity contribution >= 4 is 23.2 Å². The normalized spacial score (nSPS) is 10.9. The standard InChI is InChI=1S/C14H9Cl2FN4/c1-21-6-5-18-14(21)13-19-11(15)10(12(16)20-13)8-3-2-4-9(17)7-8/h2-7H,1H3. The van der Waals surface area contributed by atoms with Crippen LogP contribution < -0.4 is 0 Å². The van der Waals surface area contributed by atoms with E-state index in [4.69, 9.17) is 23.2 Å². The predicted molar refractivity (Wildman–Crippen MR) is 79.6 cm³/mol. The molecule has 4 nitrogen and oxygen atoms in total. The second-order valence-electron chi connectivity index (χ2n) is 4.38. The van der Waals surface area contributed by atoms with Gasteiger partial charge < -0.3 is 4.57 Å². The number of nitrogens with zero attached hydrogens (tertiary/aromatic N) is 4. The highest BCUT2D eigenvalue weighted by Crippen LogP contribution is 2.34. The fraction of sp³-hybridized carbons (Fsp3) is 0.0714. The van der Waals surface area contributed by atoms with Gasteiger partial charge in [0.1, 0.15) is 16.1 Å². The van der Waals surface area contributed by atoms with Crippen molar-refractivity contribution in [2.24, 2.45) is 7.05 Å². The zero-order chi connectivity index (χ0) is 15.0. The first-order valence-electron chi connectivity index (χ1n) is 6.03. The zero-order valence-corrected chi connectivity index (χ0v) is 12.4. The summed E-state index contributed by atoms with van der Waals surface area (Å²) in [5, 5.41) is 0.303. The van der Waals surface area contributed by atoms with Gasteiger partial charge >= 0.3 is 0 Å². The summed E-state index contributed by atoms with van der Waals surface area (Å²) in [5.74, 6) is 0.482. The first-order chi connectivity index (χ1) is 10.1. The van der Waals surface area contributed by atoms with Gasteiger partial charge in [-0.25, -0.2) is 19.3 Å². The largest absolute Gasteiger partial charge is 0.331 e.